The van der Waals surface area contributed by atoms with Crippen molar-refractivity contribution in [3.63, 3.8) is 0 Å². The van der Waals surface area contributed by atoms with Crippen molar-refractivity contribution in [2.45, 2.75) is 44.2 Å². The summed E-state index contributed by atoms with van der Waals surface area (Å²) in [6.07, 6.45) is -2.81. The first-order chi connectivity index (χ1) is 7.32. The van der Waals surface area contributed by atoms with Crippen molar-refractivity contribution in [3.05, 3.63) is 12.2 Å². The normalized spacial score (nSPS) is 18.2. The van der Waals surface area contributed by atoms with E-state index in [0.717, 1.165) is 6.08 Å². The molecule has 4 atom stereocenters. The summed E-state index contributed by atoms with van der Waals surface area (Å²) in [5.41, 5.74) is 0. The van der Waals surface area contributed by atoms with E-state index in [1.165, 1.54) is 13.0 Å². The molecule has 0 aliphatic rings. The molecule has 17 heavy (non-hydrogen) atoms. The summed E-state index contributed by atoms with van der Waals surface area (Å²) < 4.78 is 0. The van der Waals surface area contributed by atoms with Crippen LogP contribution in [0.2, 0.25) is 0 Å². The van der Waals surface area contributed by atoms with Crippen molar-refractivity contribution >= 4 is 5.97 Å². The van der Waals surface area contributed by atoms with Gasteiger partial charge in [-0.25, -0.2) is 0 Å². The molecule has 0 spiro atoms. The summed E-state index contributed by atoms with van der Waals surface area (Å²) in [5.74, 6) is -1.47. The van der Waals surface area contributed by atoms with Gasteiger partial charge in [-0.05, 0) is 6.92 Å². The Bertz CT molecular complexity index is 243. The SMILES string of the molecule is C[C@@H](O)C[C@H](O)/C=C/[C@H](O)[C@@H](O)CC(=O)[O-].[Na+]. The van der Waals surface area contributed by atoms with Gasteiger partial charge in [-0.3, -0.25) is 0 Å². The van der Waals surface area contributed by atoms with Crippen molar-refractivity contribution in [1.29, 1.82) is 0 Å². The molecule has 0 saturated carbocycles. The van der Waals surface area contributed by atoms with Crippen molar-refractivity contribution in [1.82, 2.24) is 0 Å². The Kier molecular flexibility index (Phi) is 11.4. The zero-order valence-electron chi connectivity index (χ0n) is 9.98. The van der Waals surface area contributed by atoms with E-state index < -0.39 is 36.8 Å². The van der Waals surface area contributed by atoms with Gasteiger partial charge in [0.15, 0.2) is 0 Å². The van der Waals surface area contributed by atoms with Crippen LogP contribution < -0.4 is 34.7 Å². The minimum absolute atomic E-state index is 0. The third-order valence-corrected chi connectivity index (χ3v) is 1.88. The molecule has 0 aromatic heterocycles. The van der Waals surface area contributed by atoms with E-state index in [0.29, 0.717) is 0 Å². The van der Waals surface area contributed by atoms with E-state index in [1.807, 2.05) is 0 Å². The second kappa shape index (κ2) is 10.0. The topological polar surface area (TPSA) is 121 Å². The van der Waals surface area contributed by atoms with Crippen LogP contribution in [0.5, 0.6) is 0 Å². The van der Waals surface area contributed by atoms with Gasteiger partial charge in [-0.1, -0.05) is 12.2 Å². The van der Waals surface area contributed by atoms with E-state index in [9.17, 15) is 20.1 Å². The zero-order valence-corrected chi connectivity index (χ0v) is 12.0. The van der Waals surface area contributed by atoms with Crippen LogP contribution in [-0.4, -0.2) is 50.8 Å². The molecular formula is C10H17NaO6. The Morgan fingerprint density at radius 1 is 1.24 bits per heavy atom. The number of rotatable bonds is 7. The molecule has 0 amide bonds. The number of hydrogen-bond acceptors (Lipinski definition) is 6. The van der Waals surface area contributed by atoms with Gasteiger partial charge in [0.1, 0.15) is 0 Å². The predicted molar refractivity (Wildman–Crippen MR) is 53.1 cm³/mol. The van der Waals surface area contributed by atoms with Crippen LogP contribution in [0, 0.1) is 0 Å². The van der Waals surface area contributed by atoms with E-state index in [4.69, 9.17) is 10.2 Å². The first kappa shape index (κ1) is 19.4. The summed E-state index contributed by atoms with van der Waals surface area (Å²) in [4.78, 5) is 10.1. The molecule has 0 unspecified atom stereocenters. The van der Waals surface area contributed by atoms with E-state index in [-0.39, 0.29) is 36.0 Å². The van der Waals surface area contributed by atoms with Crippen LogP contribution in [0.1, 0.15) is 19.8 Å². The van der Waals surface area contributed by atoms with Gasteiger partial charge in [0.2, 0.25) is 0 Å². The zero-order chi connectivity index (χ0) is 12.7. The van der Waals surface area contributed by atoms with Crippen molar-refractivity contribution < 1.29 is 59.9 Å². The van der Waals surface area contributed by atoms with Crippen LogP contribution in [0.4, 0.5) is 0 Å². The molecule has 0 aromatic carbocycles. The van der Waals surface area contributed by atoms with E-state index in [2.05, 4.69) is 0 Å². The average Bonchev–Trinajstić information content (AvgIpc) is 2.11. The Hall–Kier alpha value is 0.0500. The molecule has 0 aliphatic heterocycles. The fourth-order valence-electron chi connectivity index (χ4n) is 1.09. The van der Waals surface area contributed by atoms with E-state index in [1.54, 1.807) is 0 Å². The van der Waals surface area contributed by atoms with Crippen LogP contribution in [-0.2, 0) is 4.79 Å². The number of aliphatic hydroxyl groups excluding tert-OH is 4. The van der Waals surface area contributed by atoms with Gasteiger partial charge in [0, 0.05) is 18.8 Å². The Morgan fingerprint density at radius 3 is 2.18 bits per heavy atom. The second-order valence-corrected chi connectivity index (χ2v) is 3.67. The molecule has 0 saturated heterocycles. The summed E-state index contributed by atoms with van der Waals surface area (Å²) >= 11 is 0. The quantitative estimate of drug-likeness (QED) is 0.266. The largest absolute Gasteiger partial charge is 1.00 e. The first-order valence-corrected chi connectivity index (χ1v) is 4.93. The maximum absolute atomic E-state index is 10.1. The molecular weight excluding hydrogens is 239 g/mol. The molecule has 4 N–H and O–H groups in total. The molecule has 0 radical (unpaired) electrons. The number of aliphatic hydroxyl groups is 4. The van der Waals surface area contributed by atoms with Crippen molar-refractivity contribution in [2.24, 2.45) is 0 Å². The summed E-state index contributed by atoms with van der Waals surface area (Å²) in [5, 5.41) is 46.7. The van der Waals surface area contributed by atoms with Gasteiger partial charge < -0.3 is 30.3 Å². The smallest absolute Gasteiger partial charge is 0.550 e. The average molecular weight is 256 g/mol. The second-order valence-electron chi connectivity index (χ2n) is 3.67. The number of carboxylic acid groups (broad SMARTS) is 1. The molecule has 6 nitrogen and oxygen atoms in total. The maximum atomic E-state index is 10.1. The predicted octanol–water partition coefficient (Wildman–Crippen LogP) is -5.46. The third kappa shape index (κ3) is 10.9. The molecule has 0 aliphatic carbocycles. The molecule has 7 heteroatoms. The molecule has 0 bridgehead atoms. The summed E-state index contributed by atoms with van der Waals surface area (Å²) in [6.45, 7) is 1.50. The van der Waals surface area contributed by atoms with Crippen LogP contribution in [0.25, 0.3) is 0 Å². The minimum Gasteiger partial charge on any atom is -0.550 e. The first-order valence-electron chi connectivity index (χ1n) is 4.93. The van der Waals surface area contributed by atoms with Gasteiger partial charge in [-0.2, -0.15) is 0 Å². The van der Waals surface area contributed by atoms with Crippen LogP contribution in [0.15, 0.2) is 12.2 Å². The Labute approximate surface area is 122 Å². The van der Waals surface area contributed by atoms with Gasteiger partial charge in [0.25, 0.3) is 0 Å². The number of aliphatic carboxylic acids is 1. The molecule has 0 aromatic rings. The van der Waals surface area contributed by atoms with Crippen LogP contribution in [0.3, 0.4) is 0 Å². The number of hydrogen-bond donors (Lipinski definition) is 4. The Balaban J connectivity index is 0. The van der Waals surface area contributed by atoms with Gasteiger partial charge in [-0.15, -0.1) is 0 Å². The third-order valence-electron chi connectivity index (χ3n) is 1.88. The summed E-state index contributed by atoms with van der Waals surface area (Å²) in [6, 6.07) is 0. The number of carbonyl (C=O) groups is 1. The fourth-order valence-corrected chi connectivity index (χ4v) is 1.09. The fraction of sp³-hybridized carbons (Fsp3) is 0.700. The molecule has 94 valence electrons. The van der Waals surface area contributed by atoms with Gasteiger partial charge >= 0.3 is 29.6 Å². The number of carboxylic acids is 1. The maximum Gasteiger partial charge on any atom is 1.00 e. The van der Waals surface area contributed by atoms with E-state index >= 15 is 0 Å². The monoisotopic (exact) mass is 256 g/mol. The van der Waals surface area contributed by atoms with Crippen LogP contribution >= 0.6 is 0 Å². The minimum atomic E-state index is -1.47. The number of carbonyl (C=O) groups excluding carboxylic acids is 1. The molecule has 0 rings (SSSR count). The molecule has 0 fully saturated rings. The van der Waals surface area contributed by atoms with Gasteiger partial charge in [0.05, 0.1) is 24.4 Å². The molecule has 0 heterocycles. The van der Waals surface area contributed by atoms with Crippen molar-refractivity contribution in [2.75, 3.05) is 0 Å². The summed E-state index contributed by atoms with van der Waals surface area (Å²) in [7, 11) is 0. The standard InChI is InChI=1S/C10H18O6.Na/c1-6(11)4-7(12)2-3-8(13)9(14)5-10(15)16;/h2-3,6-9,11-14H,4-5H2,1H3,(H,15,16);/q;+1/p-1/b3-2+;/t6-,7-,8+,9+;/m1./s1. The van der Waals surface area contributed by atoms with Crippen molar-refractivity contribution in [3.8, 4) is 0 Å². The Morgan fingerprint density at radius 2 is 1.76 bits per heavy atom.